The first-order valence-electron chi connectivity index (χ1n) is 6.53. The maximum Gasteiger partial charge on any atom is 0.347 e. The largest absolute Gasteiger partial charge is 0.477 e. The van der Waals surface area contributed by atoms with Gasteiger partial charge in [-0.15, -0.1) is 0 Å². The molecule has 0 heterocycles. The summed E-state index contributed by atoms with van der Waals surface area (Å²) in [5, 5.41) is 3.49. The summed E-state index contributed by atoms with van der Waals surface area (Å²) in [5.74, 6) is -0.609. The van der Waals surface area contributed by atoms with Crippen molar-refractivity contribution in [1.29, 1.82) is 0 Å². The van der Waals surface area contributed by atoms with Gasteiger partial charge in [0.2, 0.25) is 0 Å². The molecule has 0 aliphatic heterocycles. The highest BCUT2D eigenvalue weighted by molar-refractivity contribution is 6.35. The van der Waals surface area contributed by atoms with Gasteiger partial charge < -0.3 is 14.8 Å². The molecule has 1 amide bonds. The second-order valence-electron chi connectivity index (χ2n) is 4.78. The van der Waals surface area contributed by atoms with Gasteiger partial charge in [0.15, 0.2) is 12.7 Å². The normalized spacial score (nSPS) is 15.2. The van der Waals surface area contributed by atoms with Gasteiger partial charge in [0.1, 0.15) is 5.75 Å². The summed E-state index contributed by atoms with van der Waals surface area (Å²) in [5.41, 5.74) is 0. The third-order valence-electron chi connectivity index (χ3n) is 2.82. The van der Waals surface area contributed by atoms with Crippen molar-refractivity contribution in [3.8, 4) is 5.75 Å². The topological polar surface area (TPSA) is 64.6 Å². The summed E-state index contributed by atoms with van der Waals surface area (Å²) in [6.07, 6.45) is 1.08. The summed E-state index contributed by atoms with van der Waals surface area (Å²) < 4.78 is 10.3. The molecule has 0 spiro atoms. The van der Waals surface area contributed by atoms with E-state index in [-0.39, 0.29) is 18.6 Å². The molecule has 1 aromatic rings. The van der Waals surface area contributed by atoms with Crippen molar-refractivity contribution in [3.05, 3.63) is 28.2 Å². The standard InChI is InChI=1S/C14H15Cl2NO4/c1-8(21-12-5-2-9(15)6-11(12)16)14(19)20-7-13(18)17-10-3-4-10/h2,5-6,8,10H,3-4,7H2,1H3,(H,17,18)/t8-/m0/s1. The molecule has 1 aromatic carbocycles. The highest BCUT2D eigenvalue weighted by atomic mass is 35.5. The van der Waals surface area contributed by atoms with E-state index < -0.39 is 12.1 Å². The number of ether oxygens (including phenoxy) is 2. The number of nitrogens with one attached hydrogen (secondary N) is 1. The van der Waals surface area contributed by atoms with Gasteiger partial charge in [-0.1, -0.05) is 23.2 Å². The molecule has 21 heavy (non-hydrogen) atoms. The van der Waals surface area contributed by atoms with E-state index in [9.17, 15) is 9.59 Å². The van der Waals surface area contributed by atoms with Crippen molar-refractivity contribution in [3.63, 3.8) is 0 Å². The fraction of sp³-hybridized carbons (Fsp3) is 0.429. The molecule has 5 nitrogen and oxygen atoms in total. The Bertz CT molecular complexity index is 546. The second kappa shape index (κ2) is 7.00. The predicted octanol–water partition coefficient (Wildman–Crippen LogP) is 2.58. The van der Waals surface area contributed by atoms with Crippen LogP contribution in [0.4, 0.5) is 0 Å². The summed E-state index contributed by atoms with van der Waals surface area (Å²) >= 11 is 11.7. The number of rotatable bonds is 6. The van der Waals surface area contributed by atoms with Crippen LogP contribution in [-0.2, 0) is 14.3 Å². The lowest BCUT2D eigenvalue weighted by molar-refractivity contribution is -0.154. The van der Waals surface area contributed by atoms with Crippen LogP contribution >= 0.6 is 23.2 Å². The molecule has 0 unspecified atom stereocenters. The molecule has 7 heteroatoms. The van der Waals surface area contributed by atoms with Crippen LogP contribution in [0.5, 0.6) is 5.75 Å². The van der Waals surface area contributed by atoms with Crippen molar-refractivity contribution in [2.24, 2.45) is 0 Å². The van der Waals surface area contributed by atoms with E-state index in [0.29, 0.717) is 15.8 Å². The second-order valence-corrected chi connectivity index (χ2v) is 5.63. The van der Waals surface area contributed by atoms with E-state index in [1.807, 2.05) is 0 Å². The first-order valence-corrected chi connectivity index (χ1v) is 7.29. The molecular formula is C14H15Cl2NO4. The first-order chi connectivity index (χ1) is 9.95. The van der Waals surface area contributed by atoms with Crippen molar-refractivity contribution in [2.45, 2.75) is 31.9 Å². The minimum absolute atomic E-state index is 0.234. The Morgan fingerprint density at radius 1 is 1.38 bits per heavy atom. The third kappa shape index (κ3) is 5.10. The lowest BCUT2D eigenvalue weighted by Gasteiger charge is -2.15. The lowest BCUT2D eigenvalue weighted by atomic mass is 10.3. The average Bonchev–Trinajstić information content (AvgIpc) is 3.23. The number of hydrogen-bond donors (Lipinski definition) is 1. The monoisotopic (exact) mass is 331 g/mol. The van der Waals surface area contributed by atoms with Crippen LogP contribution in [0.1, 0.15) is 19.8 Å². The van der Waals surface area contributed by atoms with Crippen molar-refractivity contribution < 1.29 is 19.1 Å². The maximum atomic E-state index is 11.7. The molecule has 1 fully saturated rings. The Kier molecular flexibility index (Phi) is 5.31. The number of amides is 1. The fourth-order valence-corrected chi connectivity index (χ4v) is 2.01. The molecule has 0 radical (unpaired) electrons. The molecular weight excluding hydrogens is 317 g/mol. The zero-order valence-corrected chi connectivity index (χ0v) is 12.9. The number of hydrogen-bond acceptors (Lipinski definition) is 4. The molecule has 0 bridgehead atoms. The van der Waals surface area contributed by atoms with Crippen LogP contribution in [0, 0.1) is 0 Å². The number of carbonyl (C=O) groups is 2. The van der Waals surface area contributed by atoms with Crippen LogP contribution in [-0.4, -0.2) is 30.6 Å². The Labute approximate surface area is 132 Å². The van der Waals surface area contributed by atoms with E-state index in [1.54, 1.807) is 12.1 Å². The molecule has 1 atom stereocenters. The Balaban J connectivity index is 1.79. The molecule has 1 N–H and O–H groups in total. The SMILES string of the molecule is C[C@H](Oc1ccc(Cl)cc1Cl)C(=O)OCC(=O)NC1CC1. The van der Waals surface area contributed by atoms with Gasteiger partial charge in [-0.3, -0.25) is 4.79 Å². The lowest BCUT2D eigenvalue weighted by Crippen LogP contribution is -2.33. The van der Waals surface area contributed by atoms with Crippen molar-refractivity contribution >= 4 is 35.1 Å². The predicted molar refractivity (Wildman–Crippen MR) is 78.7 cm³/mol. The quantitative estimate of drug-likeness (QED) is 0.813. The molecule has 1 aliphatic carbocycles. The van der Waals surface area contributed by atoms with Crippen LogP contribution in [0.3, 0.4) is 0 Å². The van der Waals surface area contributed by atoms with Gasteiger partial charge in [0.25, 0.3) is 5.91 Å². The van der Waals surface area contributed by atoms with Crippen LogP contribution in [0.25, 0.3) is 0 Å². The zero-order chi connectivity index (χ0) is 15.4. The van der Waals surface area contributed by atoms with Crippen molar-refractivity contribution in [1.82, 2.24) is 5.32 Å². The van der Waals surface area contributed by atoms with Crippen molar-refractivity contribution in [2.75, 3.05) is 6.61 Å². The van der Waals surface area contributed by atoms with Gasteiger partial charge in [-0.05, 0) is 38.0 Å². The zero-order valence-electron chi connectivity index (χ0n) is 11.4. The Hall–Kier alpha value is -1.46. The summed E-state index contributed by atoms with van der Waals surface area (Å²) in [6, 6.07) is 4.91. The molecule has 1 saturated carbocycles. The molecule has 114 valence electrons. The minimum atomic E-state index is -0.877. The number of esters is 1. The van der Waals surface area contributed by atoms with E-state index in [4.69, 9.17) is 32.7 Å². The van der Waals surface area contributed by atoms with Crippen LogP contribution in [0.15, 0.2) is 18.2 Å². The van der Waals surface area contributed by atoms with Crippen LogP contribution < -0.4 is 10.1 Å². The van der Waals surface area contributed by atoms with Gasteiger partial charge in [-0.25, -0.2) is 4.79 Å². The van der Waals surface area contributed by atoms with E-state index >= 15 is 0 Å². The number of carbonyl (C=O) groups excluding carboxylic acids is 2. The van der Waals surface area contributed by atoms with Gasteiger partial charge >= 0.3 is 5.97 Å². The van der Waals surface area contributed by atoms with Gasteiger partial charge in [0.05, 0.1) is 5.02 Å². The molecule has 0 saturated heterocycles. The van der Waals surface area contributed by atoms with Gasteiger partial charge in [0, 0.05) is 11.1 Å². The van der Waals surface area contributed by atoms with Gasteiger partial charge in [-0.2, -0.15) is 0 Å². The van der Waals surface area contributed by atoms with E-state index in [2.05, 4.69) is 5.32 Å². The Morgan fingerprint density at radius 3 is 2.71 bits per heavy atom. The first kappa shape index (κ1) is 15.9. The maximum absolute atomic E-state index is 11.7. The fourth-order valence-electron chi connectivity index (χ4n) is 1.56. The highest BCUT2D eigenvalue weighted by Gasteiger charge is 2.24. The summed E-state index contributed by atoms with van der Waals surface area (Å²) in [7, 11) is 0. The summed E-state index contributed by atoms with van der Waals surface area (Å²) in [6.45, 7) is 1.21. The molecule has 1 aliphatic rings. The molecule has 0 aromatic heterocycles. The number of halogens is 2. The number of benzene rings is 1. The highest BCUT2D eigenvalue weighted by Crippen LogP contribution is 2.28. The third-order valence-corrected chi connectivity index (χ3v) is 3.35. The van der Waals surface area contributed by atoms with E-state index in [0.717, 1.165) is 12.8 Å². The van der Waals surface area contributed by atoms with E-state index in [1.165, 1.54) is 13.0 Å². The van der Waals surface area contributed by atoms with Crippen LogP contribution in [0.2, 0.25) is 10.0 Å². The smallest absolute Gasteiger partial charge is 0.347 e. The average molecular weight is 332 g/mol. The molecule has 2 rings (SSSR count). The minimum Gasteiger partial charge on any atom is -0.477 e. The Morgan fingerprint density at radius 2 is 2.10 bits per heavy atom. The summed E-state index contributed by atoms with van der Waals surface area (Å²) in [4.78, 5) is 23.1.